The number of hydrogen-bond acceptors (Lipinski definition) is 5. The molecule has 0 aliphatic carbocycles. The number of aromatic nitrogens is 2. The maximum atomic E-state index is 12.9. The number of nitrogens with two attached hydrogens (primary N) is 1. The maximum absolute atomic E-state index is 12.9. The average Bonchev–Trinajstić information content (AvgIpc) is 2.45. The second-order valence-electron chi connectivity index (χ2n) is 5.59. The Morgan fingerprint density at radius 1 is 1.39 bits per heavy atom. The Hall–Kier alpha value is -2.57. The zero-order chi connectivity index (χ0) is 16.9. The number of amides is 2. The van der Waals surface area contributed by atoms with Crippen LogP contribution in [-0.4, -0.2) is 37.1 Å². The molecule has 3 rings (SSSR count). The number of nitrogens with zero attached hydrogens (tertiary/aromatic N) is 2. The lowest BCUT2D eigenvalue weighted by atomic mass is 9.63. The summed E-state index contributed by atoms with van der Waals surface area (Å²) < 4.78 is 1.05. The van der Waals surface area contributed by atoms with E-state index in [1.165, 1.54) is 0 Å². The Balaban J connectivity index is 2.32. The molecule has 23 heavy (non-hydrogen) atoms. The molecule has 1 saturated heterocycles. The number of rotatable bonds is 1. The number of nitrogen functional groups attached to an aromatic ring is 1. The van der Waals surface area contributed by atoms with Gasteiger partial charge < -0.3 is 5.73 Å². The number of anilines is 1. The number of hydrogen-bond donors (Lipinski definition) is 2. The Bertz CT molecular complexity index is 911. The van der Waals surface area contributed by atoms with Crippen LogP contribution in [0.25, 0.3) is 10.9 Å². The second kappa shape index (κ2) is 4.97. The number of carbonyl (C=O) groups excluding carboxylic acids is 2. The van der Waals surface area contributed by atoms with E-state index in [2.05, 4.69) is 10.3 Å². The number of piperidine rings is 1. The molecular weight excluding hydrogens is 294 g/mol. The third-order valence-corrected chi connectivity index (χ3v) is 3.99. The van der Waals surface area contributed by atoms with E-state index in [9.17, 15) is 14.4 Å². The predicted octanol–water partition coefficient (Wildman–Crippen LogP) is -0.888. The van der Waals surface area contributed by atoms with Gasteiger partial charge in [-0.25, -0.2) is 4.98 Å². The highest BCUT2D eigenvalue weighted by atomic mass is 16.2. The molecule has 112 valence electrons. The number of nitrogens with one attached hydrogen (secondary N) is 1. The van der Waals surface area contributed by atoms with Crippen LogP contribution in [0.5, 0.6) is 0 Å². The minimum absolute atomic E-state index is 0.168. The van der Waals surface area contributed by atoms with Crippen molar-refractivity contribution in [3.8, 4) is 0 Å². The largest absolute Gasteiger partial charge is 0.398 e. The van der Waals surface area contributed by atoms with Crippen molar-refractivity contribution in [3.05, 3.63) is 34.4 Å². The molecule has 4 radical (unpaired) electrons. The van der Waals surface area contributed by atoms with Gasteiger partial charge in [0.1, 0.15) is 13.7 Å². The van der Waals surface area contributed by atoms with Gasteiger partial charge >= 0.3 is 0 Å². The zero-order valence-electron chi connectivity index (χ0n) is 12.4. The highest BCUT2D eigenvalue weighted by molar-refractivity contribution is 6.34. The topological polar surface area (TPSA) is 107 Å². The van der Waals surface area contributed by atoms with E-state index < -0.39 is 28.6 Å². The van der Waals surface area contributed by atoms with Crippen molar-refractivity contribution in [2.45, 2.75) is 24.6 Å². The van der Waals surface area contributed by atoms with Crippen molar-refractivity contribution in [1.29, 1.82) is 0 Å². The number of imide groups is 1. The molecule has 2 atom stereocenters. The van der Waals surface area contributed by atoms with Gasteiger partial charge in [0.2, 0.25) is 11.8 Å². The molecule has 2 aromatic rings. The summed E-state index contributed by atoms with van der Waals surface area (Å²) in [6, 6.07) is 4.88. The first kappa shape index (κ1) is 15.3. The van der Waals surface area contributed by atoms with E-state index in [-0.39, 0.29) is 23.3 Å². The molecule has 1 fully saturated rings. The SMILES string of the molecule is [B]C1CC([B])(n2c(C)nc3cccc(N)c3c2=O)C(=O)NC1=O. The molecule has 9 heteroatoms. The molecular formula is C14H12B2N4O3. The molecule has 2 amide bonds. The fraction of sp³-hybridized carbons (Fsp3) is 0.286. The van der Waals surface area contributed by atoms with Crippen molar-refractivity contribution < 1.29 is 9.59 Å². The summed E-state index contributed by atoms with van der Waals surface area (Å²) >= 11 is 0. The first-order valence-electron chi connectivity index (χ1n) is 6.94. The lowest BCUT2D eigenvalue weighted by Gasteiger charge is -2.38. The van der Waals surface area contributed by atoms with Crippen molar-refractivity contribution in [3.63, 3.8) is 0 Å². The lowest BCUT2D eigenvalue weighted by Crippen LogP contribution is -2.60. The highest BCUT2D eigenvalue weighted by Gasteiger charge is 2.44. The summed E-state index contributed by atoms with van der Waals surface area (Å²) in [7, 11) is 11.8. The first-order valence-corrected chi connectivity index (χ1v) is 6.94. The first-order chi connectivity index (χ1) is 10.8. The summed E-state index contributed by atoms with van der Waals surface area (Å²) in [6.45, 7) is 1.55. The van der Waals surface area contributed by atoms with E-state index in [0.717, 1.165) is 4.57 Å². The van der Waals surface area contributed by atoms with E-state index in [0.29, 0.717) is 5.52 Å². The van der Waals surface area contributed by atoms with E-state index in [4.69, 9.17) is 21.4 Å². The molecule has 3 N–H and O–H groups in total. The van der Waals surface area contributed by atoms with Crippen molar-refractivity contribution in [1.82, 2.24) is 14.9 Å². The summed E-state index contributed by atoms with van der Waals surface area (Å²) in [4.78, 5) is 41.0. The summed E-state index contributed by atoms with van der Waals surface area (Å²) in [6.07, 6.45) is -0.210. The predicted molar refractivity (Wildman–Crippen MR) is 86.2 cm³/mol. The van der Waals surface area contributed by atoms with Gasteiger partial charge in [0.15, 0.2) is 0 Å². The summed E-state index contributed by atoms with van der Waals surface area (Å²) in [5.74, 6) is -2.21. The van der Waals surface area contributed by atoms with Gasteiger partial charge in [-0.1, -0.05) is 6.07 Å². The Morgan fingerprint density at radius 2 is 2.09 bits per heavy atom. The average molecular weight is 306 g/mol. The molecule has 1 aliphatic heterocycles. The highest BCUT2D eigenvalue weighted by Crippen LogP contribution is 2.29. The molecule has 1 aliphatic rings. The van der Waals surface area contributed by atoms with Crippen LogP contribution in [0.3, 0.4) is 0 Å². The summed E-state index contributed by atoms with van der Waals surface area (Å²) in [5.41, 5.74) is 4.14. The van der Waals surface area contributed by atoms with Crippen LogP contribution in [0.15, 0.2) is 23.0 Å². The quantitative estimate of drug-likeness (QED) is 0.404. The lowest BCUT2D eigenvalue weighted by molar-refractivity contribution is -0.137. The Kier molecular flexibility index (Phi) is 3.31. The zero-order valence-corrected chi connectivity index (χ0v) is 12.4. The van der Waals surface area contributed by atoms with Crippen molar-refractivity contribution in [2.75, 3.05) is 5.73 Å². The maximum Gasteiger partial charge on any atom is 0.263 e. The molecule has 0 saturated carbocycles. The molecule has 0 bridgehead atoms. The number of carbonyl (C=O) groups is 2. The van der Waals surface area contributed by atoms with Crippen LogP contribution in [0, 0.1) is 6.92 Å². The Morgan fingerprint density at radius 3 is 2.78 bits per heavy atom. The smallest absolute Gasteiger partial charge is 0.263 e. The van der Waals surface area contributed by atoms with Crippen LogP contribution < -0.4 is 16.6 Å². The number of benzene rings is 1. The van der Waals surface area contributed by atoms with Gasteiger partial charge in [-0.15, -0.1) is 0 Å². The standard InChI is InChI=1S/C14H12B2N4O3/c1-6-18-9-4-2-3-8(17)10(9)12(22)20(6)14(16)5-7(15)11(21)19-13(14)23/h2-4,7H,5,17H2,1H3,(H,19,21,23). The van der Waals surface area contributed by atoms with Gasteiger partial charge in [0.25, 0.3) is 5.56 Å². The fourth-order valence-electron chi connectivity index (χ4n) is 2.86. The third kappa shape index (κ3) is 2.15. The minimum Gasteiger partial charge on any atom is -0.398 e. The molecule has 7 nitrogen and oxygen atoms in total. The normalized spacial score (nSPS) is 24.7. The van der Waals surface area contributed by atoms with Gasteiger partial charge in [-0.2, -0.15) is 0 Å². The van der Waals surface area contributed by atoms with Crippen LogP contribution in [0.4, 0.5) is 5.69 Å². The molecule has 0 spiro atoms. The minimum atomic E-state index is -1.81. The monoisotopic (exact) mass is 306 g/mol. The molecule has 1 aromatic carbocycles. The van der Waals surface area contributed by atoms with Crippen LogP contribution in [0.2, 0.25) is 5.82 Å². The molecule has 1 aromatic heterocycles. The van der Waals surface area contributed by atoms with Gasteiger partial charge in [-0.05, 0) is 25.5 Å². The third-order valence-electron chi connectivity index (χ3n) is 3.99. The van der Waals surface area contributed by atoms with Gasteiger partial charge in [-0.3, -0.25) is 24.3 Å². The van der Waals surface area contributed by atoms with Crippen LogP contribution >= 0.6 is 0 Å². The summed E-state index contributed by atoms with van der Waals surface area (Å²) in [5, 5.41) is 2.26. The van der Waals surface area contributed by atoms with Gasteiger partial charge in [0, 0.05) is 11.5 Å². The molecule has 2 heterocycles. The Labute approximate surface area is 134 Å². The van der Waals surface area contributed by atoms with Crippen LogP contribution in [-0.2, 0) is 15.0 Å². The molecule has 2 unspecified atom stereocenters. The van der Waals surface area contributed by atoms with E-state index in [1.54, 1.807) is 25.1 Å². The number of aryl methyl sites for hydroxylation is 1. The number of fused-ring (bicyclic) bond motifs is 1. The van der Waals surface area contributed by atoms with Gasteiger partial charge in [0.05, 0.1) is 24.2 Å². The van der Waals surface area contributed by atoms with Crippen LogP contribution in [0.1, 0.15) is 12.2 Å². The second-order valence-corrected chi connectivity index (χ2v) is 5.59. The van der Waals surface area contributed by atoms with Crippen molar-refractivity contribution >= 4 is 44.1 Å². The fourth-order valence-corrected chi connectivity index (χ4v) is 2.86. The van der Waals surface area contributed by atoms with Crippen molar-refractivity contribution in [2.24, 2.45) is 0 Å². The van der Waals surface area contributed by atoms with E-state index in [1.807, 2.05) is 0 Å². The van der Waals surface area contributed by atoms with E-state index >= 15 is 0 Å².